The highest BCUT2D eigenvalue weighted by Crippen LogP contribution is 2.25. The van der Waals surface area contributed by atoms with Gasteiger partial charge >= 0.3 is 6.09 Å². The summed E-state index contributed by atoms with van der Waals surface area (Å²) in [5, 5.41) is 3.01. The zero-order chi connectivity index (χ0) is 20.3. The predicted octanol–water partition coefficient (Wildman–Crippen LogP) is 4.88. The fourth-order valence-corrected chi connectivity index (χ4v) is 4.22. The van der Waals surface area contributed by atoms with Crippen LogP contribution in [0.15, 0.2) is 30.3 Å². The molecule has 0 spiro atoms. The van der Waals surface area contributed by atoms with Crippen molar-refractivity contribution in [2.75, 3.05) is 13.1 Å². The fraction of sp³-hybridized carbons (Fsp3) is 0.400. The molecule has 0 saturated carbocycles. The Hall–Kier alpha value is -2.12. The van der Waals surface area contributed by atoms with Crippen molar-refractivity contribution in [3.63, 3.8) is 0 Å². The second-order valence-corrected chi connectivity index (χ2v) is 8.64. The minimum Gasteiger partial charge on any atom is -0.410 e. The lowest BCUT2D eigenvalue weighted by atomic mass is 9.90. The molecule has 1 aromatic heterocycles. The van der Waals surface area contributed by atoms with E-state index in [1.54, 1.807) is 30.0 Å². The average molecular weight is 425 g/mol. The van der Waals surface area contributed by atoms with Crippen molar-refractivity contribution in [2.24, 2.45) is 5.92 Å². The molecule has 1 aromatic carbocycles. The van der Waals surface area contributed by atoms with Crippen LogP contribution in [0.4, 0.5) is 9.18 Å². The van der Waals surface area contributed by atoms with E-state index in [9.17, 15) is 14.0 Å². The maximum absolute atomic E-state index is 13.6. The molecule has 0 radical (unpaired) electrons. The van der Waals surface area contributed by atoms with E-state index in [0.717, 1.165) is 12.8 Å². The molecular formula is C20H22ClFN2O3S. The molecule has 150 valence electrons. The van der Waals surface area contributed by atoms with E-state index in [1.165, 1.54) is 23.5 Å². The number of likely N-dealkylation sites (tertiary alicyclic amines) is 1. The molecule has 0 aliphatic carbocycles. The van der Waals surface area contributed by atoms with Crippen LogP contribution in [0, 0.1) is 18.7 Å². The van der Waals surface area contributed by atoms with Gasteiger partial charge in [-0.3, -0.25) is 4.79 Å². The molecule has 1 aliphatic rings. The number of hydrogen-bond donors (Lipinski definition) is 1. The van der Waals surface area contributed by atoms with Crippen LogP contribution in [0.1, 0.15) is 35.0 Å². The summed E-state index contributed by atoms with van der Waals surface area (Å²) in [4.78, 5) is 26.9. The Balaban J connectivity index is 1.50. The summed E-state index contributed by atoms with van der Waals surface area (Å²) < 4.78 is 19.5. The molecule has 1 N–H and O–H groups in total. The van der Waals surface area contributed by atoms with E-state index in [4.69, 9.17) is 16.3 Å². The zero-order valence-corrected chi connectivity index (χ0v) is 17.3. The molecule has 1 fully saturated rings. The molecule has 2 amide bonds. The summed E-state index contributed by atoms with van der Waals surface area (Å²) >= 11 is 7.13. The Morgan fingerprint density at radius 2 is 2.00 bits per heavy atom. The quantitative estimate of drug-likeness (QED) is 0.761. The van der Waals surface area contributed by atoms with Crippen molar-refractivity contribution < 1.29 is 18.7 Å². The number of halogens is 2. The highest BCUT2D eigenvalue weighted by Gasteiger charge is 2.28. The second kappa shape index (κ2) is 8.92. The summed E-state index contributed by atoms with van der Waals surface area (Å²) in [6.45, 7) is 4.61. The van der Waals surface area contributed by atoms with Gasteiger partial charge in [0.1, 0.15) is 11.6 Å². The lowest BCUT2D eigenvalue weighted by Gasteiger charge is -2.34. The Kier molecular flexibility index (Phi) is 6.57. The normalized spacial score (nSPS) is 15.9. The Labute approximate surface area is 172 Å². The van der Waals surface area contributed by atoms with Crippen LogP contribution in [-0.2, 0) is 0 Å². The summed E-state index contributed by atoms with van der Waals surface area (Å²) in [6, 6.07) is 7.83. The molecule has 0 unspecified atom stereocenters. The van der Waals surface area contributed by atoms with Crippen molar-refractivity contribution in [3.8, 4) is 5.75 Å². The molecule has 5 nitrogen and oxygen atoms in total. The number of rotatable bonds is 4. The van der Waals surface area contributed by atoms with Crippen LogP contribution in [0.25, 0.3) is 0 Å². The second-order valence-electron chi connectivity index (χ2n) is 6.92. The van der Waals surface area contributed by atoms with Crippen LogP contribution in [-0.4, -0.2) is 36.0 Å². The Morgan fingerprint density at radius 1 is 1.29 bits per heavy atom. The third-order valence-electron chi connectivity index (χ3n) is 5.08. The first-order chi connectivity index (χ1) is 13.3. The molecule has 2 aromatic rings. The van der Waals surface area contributed by atoms with Gasteiger partial charge in [-0.15, -0.1) is 11.3 Å². The monoisotopic (exact) mass is 424 g/mol. The zero-order valence-electron chi connectivity index (χ0n) is 15.7. The van der Waals surface area contributed by atoms with E-state index in [-0.39, 0.29) is 23.6 Å². The van der Waals surface area contributed by atoms with Gasteiger partial charge in [-0.25, -0.2) is 9.18 Å². The summed E-state index contributed by atoms with van der Waals surface area (Å²) in [5.74, 6) is -0.0323. The van der Waals surface area contributed by atoms with Crippen LogP contribution >= 0.6 is 22.9 Å². The van der Waals surface area contributed by atoms with Gasteiger partial charge in [0.15, 0.2) is 0 Å². The topological polar surface area (TPSA) is 58.6 Å². The lowest BCUT2D eigenvalue weighted by molar-refractivity contribution is 0.0899. The highest BCUT2D eigenvalue weighted by atomic mass is 35.5. The number of piperidine rings is 1. The van der Waals surface area contributed by atoms with E-state index in [2.05, 4.69) is 5.32 Å². The molecule has 8 heteroatoms. The van der Waals surface area contributed by atoms with Crippen LogP contribution in [0.2, 0.25) is 4.34 Å². The van der Waals surface area contributed by atoms with Gasteiger partial charge in [-0.1, -0.05) is 17.7 Å². The average Bonchev–Trinajstić information content (AvgIpc) is 3.12. The SMILES string of the molecule is Cc1c(F)cccc1OC(=O)N1CCC([C@@H](C)NC(=O)c2ccc(Cl)s2)CC1. The molecule has 1 atom stereocenters. The van der Waals surface area contributed by atoms with Crippen LogP contribution in [0.5, 0.6) is 5.75 Å². The van der Waals surface area contributed by atoms with Gasteiger partial charge < -0.3 is 15.0 Å². The maximum atomic E-state index is 13.6. The van der Waals surface area contributed by atoms with E-state index in [0.29, 0.717) is 27.9 Å². The largest absolute Gasteiger partial charge is 0.415 e. The van der Waals surface area contributed by atoms with Gasteiger partial charge in [0.2, 0.25) is 0 Å². The number of hydrogen-bond acceptors (Lipinski definition) is 4. The molecule has 28 heavy (non-hydrogen) atoms. The summed E-state index contributed by atoms with van der Waals surface area (Å²) in [6.07, 6.45) is 1.03. The highest BCUT2D eigenvalue weighted by molar-refractivity contribution is 7.18. The first kappa shape index (κ1) is 20.6. The first-order valence-electron chi connectivity index (χ1n) is 9.13. The van der Waals surface area contributed by atoms with Crippen LogP contribution < -0.4 is 10.1 Å². The van der Waals surface area contributed by atoms with Gasteiger partial charge in [-0.2, -0.15) is 0 Å². The Morgan fingerprint density at radius 3 is 2.64 bits per heavy atom. The van der Waals surface area contributed by atoms with Crippen molar-refractivity contribution in [1.82, 2.24) is 10.2 Å². The number of benzene rings is 1. The number of thiophene rings is 1. The van der Waals surface area contributed by atoms with Gasteiger partial charge in [0.25, 0.3) is 5.91 Å². The summed E-state index contributed by atoms with van der Waals surface area (Å²) in [5.41, 5.74) is 0.316. The van der Waals surface area contributed by atoms with Gasteiger partial charge in [0, 0.05) is 24.7 Å². The van der Waals surface area contributed by atoms with E-state index < -0.39 is 11.9 Å². The number of nitrogens with one attached hydrogen (secondary N) is 1. The molecular weight excluding hydrogens is 403 g/mol. The molecule has 1 aliphatic heterocycles. The third-order valence-corrected chi connectivity index (χ3v) is 6.31. The lowest BCUT2D eigenvalue weighted by Crippen LogP contribution is -2.46. The summed E-state index contributed by atoms with van der Waals surface area (Å²) in [7, 11) is 0. The first-order valence-corrected chi connectivity index (χ1v) is 10.3. The van der Waals surface area contributed by atoms with Crippen molar-refractivity contribution >= 4 is 34.9 Å². The van der Waals surface area contributed by atoms with Crippen molar-refractivity contribution in [2.45, 2.75) is 32.7 Å². The molecule has 1 saturated heterocycles. The predicted molar refractivity (Wildman–Crippen MR) is 108 cm³/mol. The van der Waals surface area contributed by atoms with E-state index >= 15 is 0 Å². The van der Waals surface area contributed by atoms with Gasteiger partial charge in [0.05, 0.1) is 9.21 Å². The maximum Gasteiger partial charge on any atom is 0.415 e. The Bertz CT molecular complexity index is 865. The fourth-order valence-electron chi connectivity index (χ4n) is 3.27. The van der Waals surface area contributed by atoms with Crippen molar-refractivity contribution in [1.29, 1.82) is 0 Å². The van der Waals surface area contributed by atoms with Gasteiger partial charge in [-0.05, 0) is 56.9 Å². The van der Waals surface area contributed by atoms with Crippen LogP contribution in [0.3, 0.4) is 0 Å². The minimum absolute atomic E-state index is 0.0167. The molecule has 0 bridgehead atoms. The third kappa shape index (κ3) is 4.83. The smallest absolute Gasteiger partial charge is 0.410 e. The number of ether oxygens (including phenoxy) is 1. The number of carbonyl (C=O) groups excluding carboxylic acids is 2. The number of amides is 2. The standard InChI is InChI=1S/C20H22ClFN2O3S/c1-12-15(22)4-3-5-16(12)27-20(26)24-10-8-14(9-11-24)13(2)23-19(25)17-6-7-18(21)28-17/h3-7,13-14H,8-11H2,1-2H3,(H,23,25)/t13-/m1/s1. The number of nitrogens with zero attached hydrogens (tertiary/aromatic N) is 1. The minimum atomic E-state index is -0.475. The molecule has 2 heterocycles. The number of carbonyl (C=O) groups is 2. The van der Waals surface area contributed by atoms with E-state index in [1.807, 2.05) is 6.92 Å². The molecule has 3 rings (SSSR count). The van der Waals surface area contributed by atoms with Crippen molar-refractivity contribution in [3.05, 3.63) is 50.9 Å².